The predicted octanol–water partition coefficient (Wildman–Crippen LogP) is 2.36. The first kappa shape index (κ1) is 29.5. The zero-order valence-corrected chi connectivity index (χ0v) is 23.3. The van der Waals surface area contributed by atoms with E-state index in [1.807, 2.05) is 42.5 Å². The Hall–Kier alpha value is -4.47. The number of nitrogens with zero attached hydrogens (tertiary/aromatic N) is 3. The van der Waals surface area contributed by atoms with E-state index >= 15 is 0 Å². The minimum absolute atomic E-state index is 0.0381. The monoisotopic (exact) mass is 560 g/mol. The van der Waals surface area contributed by atoms with Crippen LogP contribution in [0.25, 0.3) is 10.8 Å². The quantitative estimate of drug-likeness (QED) is 0.188. The van der Waals surface area contributed by atoms with Crippen LogP contribution in [0.5, 0.6) is 0 Å². The van der Waals surface area contributed by atoms with Gasteiger partial charge in [-0.05, 0) is 53.3 Å². The lowest BCUT2D eigenvalue weighted by Crippen LogP contribution is -2.63. The maximum Gasteiger partial charge on any atom is 0.246 e. The van der Waals surface area contributed by atoms with Crippen LogP contribution in [0.4, 0.5) is 4.39 Å². The van der Waals surface area contributed by atoms with Crippen molar-refractivity contribution in [1.29, 1.82) is 0 Å². The SMILES string of the molecule is CNC(=O)[C@H](Cc1ccc2ccccc2c1)N1CCN(C(=O)CCc2ccc(F)cc2)[C@@H](CCCN=C(N)N)C1=O. The van der Waals surface area contributed by atoms with Crippen molar-refractivity contribution in [1.82, 2.24) is 15.1 Å². The Kier molecular flexibility index (Phi) is 9.89. The Morgan fingerprint density at radius 2 is 1.73 bits per heavy atom. The number of hydrogen-bond acceptors (Lipinski definition) is 4. The van der Waals surface area contributed by atoms with Crippen LogP contribution in [0.15, 0.2) is 71.7 Å². The molecule has 3 aromatic carbocycles. The van der Waals surface area contributed by atoms with E-state index in [4.69, 9.17) is 11.5 Å². The number of aryl methyl sites for hydroxylation is 1. The first-order valence-electron chi connectivity index (χ1n) is 13.9. The van der Waals surface area contributed by atoms with E-state index in [0.717, 1.165) is 21.9 Å². The Morgan fingerprint density at radius 1 is 1.02 bits per heavy atom. The van der Waals surface area contributed by atoms with Crippen LogP contribution >= 0.6 is 0 Å². The minimum Gasteiger partial charge on any atom is -0.370 e. The number of amides is 3. The van der Waals surface area contributed by atoms with Gasteiger partial charge in [-0.15, -0.1) is 0 Å². The molecule has 1 heterocycles. The standard InChI is InChI=1S/C31H37FN6O3/c1-35-29(40)27(20-22-8-12-23-5-2-3-6-24(23)19-22)38-18-17-37(26(30(38)41)7-4-16-36-31(33)34)28(39)15-11-21-9-13-25(32)14-10-21/h2-3,5-6,8-10,12-14,19,26-27H,4,7,11,15-18,20H2,1H3,(H,35,40)(H4,33,34,36)/t26-,27-/m0/s1. The van der Waals surface area contributed by atoms with Crippen molar-refractivity contribution >= 4 is 34.5 Å². The number of carbonyl (C=O) groups is 3. The molecule has 0 bridgehead atoms. The molecule has 2 atom stereocenters. The summed E-state index contributed by atoms with van der Waals surface area (Å²) in [5.74, 6) is -1.08. The summed E-state index contributed by atoms with van der Waals surface area (Å²) in [4.78, 5) is 47.6. The van der Waals surface area contributed by atoms with Gasteiger partial charge in [-0.2, -0.15) is 0 Å². The minimum atomic E-state index is -0.748. The van der Waals surface area contributed by atoms with Gasteiger partial charge in [0.25, 0.3) is 0 Å². The maximum absolute atomic E-state index is 14.0. The fraction of sp³-hybridized carbons (Fsp3) is 0.355. The number of nitrogens with one attached hydrogen (secondary N) is 1. The van der Waals surface area contributed by atoms with E-state index in [2.05, 4.69) is 10.3 Å². The number of guanidine groups is 1. The van der Waals surface area contributed by atoms with E-state index in [9.17, 15) is 18.8 Å². The van der Waals surface area contributed by atoms with Gasteiger partial charge in [0.1, 0.15) is 17.9 Å². The first-order valence-corrected chi connectivity index (χ1v) is 13.9. The van der Waals surface area contributed by atoms with Crippen molar-refractivity contribution in [2.24, 2.45) is 16.5 Å². The van der Waals surface area contributed by atoms with Gasteiger partial charge < -0.3 is 26.6 Å². The highest BCUT2D eigenvalue weighted by Crippen LogP contribution is 2.24. The number of piperazine rings is 1. The third-order valence-electron chi connectivity index (χ3n) is 7.49. The molecule has 5 N–H and O–H groups in total. The number of likely N-dealkylation sites (N-methyl/N-ethyl adjacent to an activating group) is 1. The number of nitrogens with two attached hydrogens (primary N) is 2. The van der Waals surface area contributed by atoms with E-state index < -0.39 is 12.1 Å². The van der Waals surface area contributed by atoms with Crippen molar-refractivity contribution < 1.29 is 18.8 Å². The summed E-state index contributed by atoms with van der Waals surface area (Å²) in [7, 11) is 1.56. The molecule has 9 nitrogen and oxygen atoms in total. The Balaban J connectivity index is 1.53. The maximum atomic E-state index is 14.0. The summed E-state index contributed by atoms with van der Waals surface area (Å²) < 4.78 is 13.3. The zero-order valence-electron chi connectivity index (χ0n) is 23.3. The molecule has 3 amide bonds. The van der Waals surface area contributed by atoms with E-state index in [0.29, 0.717) is 38.8 Å². The smallest absolute Gasteiger partial charge is 0.246 e. The molecule has 0 aliphatic carbocycles. The van der Waals surface area contributed by atoms with Gasteiger partial charge in [0, 0.05) is 39.5 Å². The number of fused-ring (bicyclic) bond motifs is 1. The van der Waals surface area contributed by atoms with Gasteiger partial charge in [-0.25, -0.2) is 4.39 Å². The van der Waals surface area contributed by atoms with Crippen LogP contribution in [0.1, 0.15) is 30.4 Å². The highest BCUT2D eigenvalue weighted by molar-refractivity contribution is 5.93. The molecule has 0 radical (unpaired) electrons. The van der Waals surface area contributed by atoms with Crippen LogP contribution in [0.3, 0.4) is 0 Å². The molecule has 0 aromatic heterocycles. The molecule has 0 spiro atoms. The normalized spacial score (nSPS) is 16.0. The van der Waals surface area contributed by atoms with Crippen molar-refractivity contribution in [3.05, 3.63) is 83.7 Å². The fourth-order valence-electron chi connectivity index (χ4n) is 5.33. The highest BCUT2D eigenvalue weighted by Gasteiger charge is 2.41. The number of hydrogen-bond donors (Lipinski definition) is 3. The average molecular weight is 561 g/mol. The molecule has 1 aliphatic heterocycles. The van der Waals surface area contributed by atoms with Crippen LogP contribution in [-0.2, 0) is 27.2 Å². The second kappa shape index (κ2) is 13.7. The fourth-order valence-corrected chi connectivity index (χ4v) is 5.33. The molecule has 0 unspecified atom stereocenters. The van der Waals surface area contributed by atoms with Gasteiger partial charge in [0.05, 0.1) is 0 Å². The van der Waals surface area contributed by atoms with E-state index in [-0.39, 0.29) is 42.5 Å². The van der Waals surface area contributed by atoms with E-state index in [1.165, 1.54) is 12.1 Å². The van der Waals surface area contributed by atoms with Gasteiger partial charge in [-0.1, -0.05) is 54.6 Å². The molecule has 4 rings (SSSR count). The van der Waals surface area contributed by atoms with Crippen LogP contribution in [-0.4, -0.2) is 72.2 Å². The lowest BCUT2D eigenvalue weighted by molar-refractivity contribution is -0.156. The lowest BCUT2D eigenvalue weighted by Gasteiger charge is -2.43. The summed E-state index contributed by atoms with van der Waals surface area (Å²) in [6.07, 6.45) is 1.79. The third kappa shape index (κ3) is 7.59. The molecule has 0 saturated carbocycles. The Morgan fingerprint density at radius 3 is 2.44 bits per heavy atom. The molecular formula is C31H37FN6O3. The van der Waals surface area contributed by atoms with Crippen LogP contribution in [0.2, 0.25) is 0 Å². The molecule has 41 heavy (non-hydrogen) atoms. The number of halogens is 1. The van der Waals surface area contributed by atoms with Gasteiger partial charge in [0.15, 0.2) is 5.96 Å². The van der Waals surface area contributed by atoms with Gasteiger partial charge in [0.2, 0.25) is 17.7 Å². The molecular weight excluding hydrogens is 523 g/mol. The Labute approximate surface area is 239 Å². The van der Waals surface area contributed by atoms with Crippen LogP contribution in [0, 0.1) is 5.82 Å². The third-order valence-corrected chi connectivity index (χ3v) is 7.49. The first-order chi connectivity index (χ1) is 19.8. The number of rotatable bonds is 11. The largest absolute Gasteiger partial charge is 0.370 e. The van der Waals surface area contributed by atoms with E-state index in [1.54, 1.807) is 29.0 Å². The molecule has 10 heteroatoms. The summed E-state index contributed by atoms with van der Waals surface area (Å²) in [6, 6.07) is 18.6. The summed E-state index contributed by atoms with van der Waals surface area (Å²) in [5.41, 5.74) is 12.7. The molecule has 216 valence electrons. The average Bonchev–Trinajstić information content (AvgIpc) is 2.97. The molecule has 1 aliphatic rings. The summed E-state index contributed by atoms with van der Waals surface area (Å²) >= 11 is 0. The molecule has 1 saturated heterocycles. The summed E-state index contributed by atoms with van der Waals surface area (Å²) in [6.45, 7) is 0.850. The van der Waals surface area contributed by atoms with Crippen molar-refractivity contribution in [3.8, 4) is 0 Å². The summed E-state index contributed by atoms with van der Waals surface area (Å²) in [5, 5.41) is 4.86. The van der Waals surface area contributed by atoms with Gasteiger partial charge >= 0.3 is 0 Å². The number of carbonyl (C=O) groups excluding carboxylic acids is 3. The number of aliphatic imine (C=N–C) groups is 1. The van der Waals surface area contributed by atoms with Crippen molar-refractivity contribution in [2.45, 2.75) is 44.2 Å². The highest BCUT2D eigenvalue weighted by atomic mass is 19.1. The van der Waals surface area contributed by atoms with Crippen LogP contribution < -0.4 is 16.8 Å². The topological polar surface area (TPSA) is 134 Å². The zero-order chi connectivity index (χ0) is 29.4. The molecule has 3 aromatic rings. The number of benzene rings is 3. The second-order valence-electron chi connectivity index (χ2n) is 10.2. The molecule has 1 fully saturated rings. The Bertz CT molecular complexity index is 1410. The van der Waals surface area contributed by atoms with Crippen molar-refractivity contribution in [2.75, 3.05) is 26.7 Å². The predicted molar refractivity (Wildman–Crippen MR) is 157 cm³/mol. The van der Waals surface area contributed by atoms with Crippen molar-refractivity contribution in [3.63, 3.8) is 0 Å². The lowest BCUT2D eigenvalue weighted by atomic mass is 9.97. The van der Waals surface area contributed by atoms with Gasteiger partial charge in [-0.3, -0.25) is 19.4 Å². The second-order valence-corrected chi connectivity index (χ2v) is 10.2.